The largest absolute Gasteiger partial charge is 0.444 e. The predicted molar refractivity (Wildman–Crippen MR) is 84.4 cm³/mol. The van der Waals surface area contributed by atoms with Crippen molar-refractivity contribution in [1.82, 2.24) is 15.2 Å². The Morgan fingerprint density at radius 1 is 1.57 bits per heavy atom. The van der Waals surface area contributed by atoms with Crippen LogP contribution in [-0.4, -0.2) is 41.2 Å². The van der Waals surface area contributed by atoms with Crippen LogP contribution in [0.1, 0.15) is 38.5 Å². The molecular formula is C15H25N3O2S. The van der Waals surface area contributed by atoms with Crippen molar-refractivity contribution < 1.29 is 9.53 Å². The lowest BCUT2D eigenvalue weighted by atomic mass is 9.98. The molecule has 0 aromatic carbocycles. The molecule has 1 atom stereocenters. The molecule has 1 aromatic heterocycles. The molecule has 1 fully saturated rings. The number of carbonyl (C=O) groups is 1. The molecule has 5 nitrogen and oxygen atoms in total. The van der Waals surface area contributed by atoms with Crippen LogP contribution in [0.2, 0.25) is 0 Å². The summed E-state index contributed by atoms with van der Waals surface area (Å²) in [6.07, 6.45) is 3.96. The fourth-order valence-electron chi connectivity index (χ4n) is 2.54. The minimum Gasteiger partial charge on any atom is -0.444 e. The molecular weight excluding hydrogens is 286 g/mol. The summed E-state index contributed by atoms with van der Waals surface area (Å²) in [7, 11) is 0. The van der Waals surface area contributed by atoms with E-state index >= 15 is 0 Å². The summed E-state index contributed by atoms with van der Waals surface area (Å²) in [5.41, 5.74) is 1.44. The van der Waals surface area contributed by atoms with E-state index in [-0.39, 0.29) is 6.09 Å². The van der Waals surface area contributed by atoms with Gasteiger partial charge in [0.05, 0.1) is 5.51 Å². The number of carbonyl (C=O) groups excluding carboxylic acids is 1. The van der Waals surface area contributed by atoms with Crippen LogP contribution >= 0.6 is 11.3 Å². The number of nitrogens with zero attached hydrogens (tertiary/aromatic N) is 2. The number of piperidine rings is 1. The first kappa shape index (κ1) is 16.2. The molecule has 1 aliphatic heterocycles. The fraction of sp³-hybridized carbons (Fsp3) is 0.733. The second-order valence-corrected chi connectivity index (χ2v) is 7.56. The maximum atomic E-state index is 11.7. The summed E-state index contributed by atoms with van der Waals surface area (Å²) in [6.45, 7) is 9.44. The van der Waals surface area contributed by atoms with Crippen molar-refractivity contribution in [2.45, 2.75) is 45.8 Å². The molecule has 1 N–H and O–H groups in total. The molecule has 1 aromatic rings. The van der Waals surface area contributed by atoms with E-state index in [0.717, 1.165) is 26.1 Å². The summed E-state index contributed by atoms with van der Waals surface area (Å²) >= 11 is 1.70. The van der Waals surface area contributed by atoms with Crippen LogP contribution in [0.15, 0.2) is 11.7 Å². The lowest BCUT2D eigenvalue weighted by Gasteiger charge is -2.32. The fourth-order valence-corrected chi connectivity index (χ4v) is 3.18. The van der Waals surface area contributed by atoms with E-state index in [9.17, 15) is 4.79 Å². The van der Waals surface area contributed by atoms with E-state index in [1.165, 1.54) is 11.3 Å². The number of amides is 1. The van der Waals surface area contributed by atoms with E-state index in [0.29, 0.717) is 12.5 Å². The quantitative estimate of drug-likeness (QED) is 0.929. The Kier molecular flexibility index (Phi) is 5.58. The minimum atomic E-state index is -0.436. The van der Waals surface area contributed by atoms with Gasteiger partial charge in [-0.1, -0.05) is 0 Å². The Morgan fingerprint density at radius 2 is 2.38 bits per heavy atom. The van der Waals surface area contributed by atoms with Gasteiger partial charge in [0.15, 0.2) is 0 Å². The molecule has 1 saturated heterocycles. The molecule has 118 valence electrons. The third-order valence-electron chi connectivity index (χ3n) is 3.40. The summed E-state index contributed by atoms with van der Waals surface area (Å²) in [5, 5.41) is 2.89. The van der Waals surface area contributed by atoms with Crippen molar-refractivity contribution in [2.75, 3.05) is 19.6 Å². The molecule has 1 aliphatic rings. The molecule has 0 spiro atoms. The number of rotatable bonds is 4. The number of aromatic nitrogens is 1. The monoisotopic (exact) mass is 311 g/mol. The number of likely N-dealkylation sites (tertiary alicyclic amines) is 1. The summed E-state index contributed by atoms with van der Waals surface area (Å²) in [6, 6.07) is 0. The summed E-state index contributed by atoms with van der Waals surface area (Å²) < 4.78 is 5.27. The molecule has 2 rings (SSSR count). The Balaban J connectivity index is 1.72. The van der Waals surface area contributed by atoms with Gasteiger partial charge < -0.3 is 10.1 Å². The van der Waals surface area contributed by atoms with Crippen LogP contribution in [0.4, 0.5) is 4.79 Å². The first-order valence-corrected chi connectivity index (χ1v) is 8.37. The van der Waals surface area contributed by atoms with Gasteiger partial charge in [-0.2, -0.15) is 0 Å². The number of nitrogens with one attached hydrogen (secondary N) is 1. The second-order valence-electron chi connectivity index (χ2n) is 6.59. The van der Waals surface area contributed by atoms with Crippen molar-refractivity contribution in [2.24, 2.45) is 5.92 Å². The number of alkyl carbamates (subject to hydrolysis) is 1. The van der Waals surface area contributed by atoms with Crippen molar-refractivity contribution in [3.63, 3.8) is 0 Å². The molecule has 0 bridgehead atoms. The molecule has 6 heteroatoms. The zero-order chi connectivity index (χ0) is 15.3. The van der Waals surface area contributed by atoms with E-state index in [4.69, 9.17) is 4.74 Å². The van der Waals surface area contributed by atoms with Gasteiger partial charge in [-0.05, 0) is 46.1 Å². The van der Waals surface area contributed by atoms with Crippen LogP contribution in [0.3, 0.4) is 0 Å². The Morgan fingerprint density at radius 3 is 3.05 bits per heavy atom. The average molecular weight is 311 g/mol. The standard InChI is InChI=1S/C15H25N3O2S/c1-15(2,3)20-14(19)17-7-12-5-4-6-18(9-12)10-13-8-16-11-21-13/h8,11-12H,4-7,9-10H2,1-3H3,(H,17,19)/t12-/m1/s1. The molecule has 0 unspecified atom stereocenters. The van der Waals surface area contributed by atoms with Gasteiger partial charge in [-0.25, -0.2) is 4.79 Å². The normalized spacial score (nSPS) is 20.2. The molecule has 2 heterocycles. The maximum Gasteiger partial charge on any atom is 0.407 e. The van der Waals surface area contributed by atoms with Crippen molar-refractivity contribution in [1.29, 1.82) is 0 Å². The van der Waals surface area contributed by atoms with Gasteiger partial charge in [-0.15, -0.1) is 11.3 Å². The third kappa shape index (κ3) is 6.01. The molecule has 0 saturated carbocycles. The third-order valence-corrected chi connectivity index (χ3v) is 4.16. The SMILES string of the molecule is CC(C)(C)OC(=O)NC[C@H]1CCCN(Cc2cncs2)C1. The first-order valence-electron chi connectivity index (χ1n) is 7.49. The highest BCUT2D eigenvalue weighted by molar-refractivity contribution is 7.09. The van der Waals surface area contributed by atoms with Crippen LogP contribution < -0.4 is 5.32 Å². The molecule has 0 radical (unpaired) electrons. The van der Waals surface area contributed by atoms with Gasteiger partial charge in [0.25, 0.3) is 0 Å². The second kappa shape index (κ2) is 7.22. The lowest BCUT2D eigenvalue weighted by Crippen LogP contribution is -2.41. The van der Waals surface area contributed by atoms with Crippen LogP contribution in [-0.2, 0) is 11.3 Å². The van der Waals surface area contributed by atoms with Crippen LogP contribution in [0.25, 0.3) is 0 Å². The Labute approximate surface area is 130 Å². The smallest absolute Gasteiger partial charge is 0.407 e. The number of hydrogen-bond donors (Lipinski definition) is 1. The van der Waals surface area contributed by atoms with E-state index in [1.807, 2.05) is 32.5 Å². The van der Waals surface area contributed by atoms with Crippen LogP contribution in [0.5, 0.6) is 0 Å². The van der Waals surface area contributed by atoms with Crippen molar-refractivity contribution in [3.8, 4) is 0 Å². The Bertz CT molecular complexity index is 442. The maximum absolute atomic E-state index is 11.7. The zero-order valence-electron chi connectivity index (χ0n) is 13.1. The Hall–Kier alpha value is -1.14. The van der Waals surface area contributed by atoms with Crippen molar-refractivity contribution in [3.05, 3.63) is 16.6 Å². The van der Waals surface area contributed by atoms with Crippen molar-refractivity contribution >= 4 is 17.4 Å². The zero-order valence-corrected chi connectivity index (χ0v) is 13.9. The topological polar surface area (TPSA) is 54.5 Å². The minimum absolute atomic E-state index is 0.318. The number of thiazole rings is 1. The number of hydrogen-bond acceptors (Lipinski definition) is 5. The molecule has 0 aliphatic carbocycles. The highest BCUT2D eigenvalue weighted by Crippen LogP contribution is 2.19. The summed E-state index contributed by atoms with van der Waals surface area (Å²) in [5.74, 6) is 0.499. The van der Waals surface area contributed by atoms with Gasteiger partial charge in [0.1, 0.15) is 5.60 Å². The van der Waals surface area contributed by atoms with E-state index in [1.54, 1.807) is 11.3 Å². The van der Waals surface area contributed by atoms with Gasteiger partial charge in [0, 0.05) is 30.7 Å². The first-order chi connectivity index (χ1) is 9.92. The predicted octanol–water partition coefficient (Wildman–Crippen LogP) is 2.88. The van der Waals surface area contributed by atoms with E-state index in [2.05, 4.69) is 15.2 Å². The summed E-state index contributed by atoms with van der Waals surface area (Å²) in [4.78, 5) is 19.5. The van der Waals surface area contributed by atoms with Gasteiger partial charge >= 0.3 is 6.09 Å². The molecule has 1 amide bonds. The van der Waals surface area contributed by atoms with Gasteiger partial charge in [0.2, 0.25) is 0 Å². The highest BCUT2D eigenvalue weighted by Gasteiger charge is 2.22. The highest BCUT2D eigenvalue weighted by atomic mass is 32.1. The van der Waals surface area contributed by atoms with Gasteiger partial charge in [-0.3, -0.25) is 9.88 Å². The average Bonchev–Trinajstić information content (AvgIpc) is 2.88. The number of ether oxygens (including phenoxy) is 1. The molecule has 21 heavy (non-hydrogen) atoms. The van der Waals surface area contributed by atoms with Crippen LogP contribution in [0, 0.1) is 5.92 Å². The van der Waals surface area contributed by atoms with E-state index < -0.39 is 5.60 Å². The lowest BCUT2D eigenvalue weighted by molar-refractivity contribution is 0.0506.